The molecule has 1 amide bonds. The number of amides is 1. The summed E-state index contributed by atoms with van der Waals surface area (Å²) in [6.45, 7) is 1.42. The monoisotopic (exact) mass is 407 g/mol. The molecule has 0 radical (unpaired) electrons. The van der Waals surface area contributed by atoms with Crippen molar-refractivity contribution in [1.82, 2.24) is 5.32 Å². The first-order valence-electron chi connectivity index (χ1n) is 8.12. The Labute approximate surface area is 167 Å². The lowest BCUT2D eigenvalue weighted by molar-refractivity contribution is -0.144. The third-order valence-corrected chi connectivity index (χ3v) is 4.43. The molecule has 142 valence electrons. The van der Waals surface area contributed by atoms with Crippen LogP contribution in [0.5, 0.6) is 5.75 Å². The van der Waals surface area contributed by atoms with E-state index >= 15 is 0 Å². The van der Waals surface area contributed by atoms with E-state index in [1.807, 2.05) is 0 Å². The maximum atomic E-state index is 11.9. The van der Waals surface area contributed by atoms with Gasteiger partial charge in [-0.3, -0.25) is 4.79 Å². The van der Waals surface area contributed by atoms with Crippen molar-refractivity contribution in [3.63, 3.8) is 0 Å². The predicted octanol–water partition coefficient (Wildman–Crippen LogP) is 4.44. The molecule has 0 bridgehead atoms. The summed E-state index contributed by atoms with van der Waals surface area (Å²) in [7, 11) is 1.58. The highest BCUT2D eigenvalue weighted by atomic mass is 35.5. The number of hydrogen-bond acceptors (Lipinski definition) is 4. The summed E-state index contributed by atoms with van der Waals surface area (Å²) in [5.74, 6) is -0.301. The van der Waals surface area contributed by atoms with E-state index in [1.54, 1.807) is 62.6 Å². The van der Waals surface area contributed by atoms with Crippen LogP contribution in [0.1, 0.15) is 24.1 Å². The number of benzene rings is 2. The molecule has 2 rings (SSSR count). The molecule has 0 heterocycles. The van der Waals surface area contributed by atoms with Crippen LogP contribution in [0.15, 0.2) is 48.5 Å². The van der Waals surface area contributed by atoms with Crippen molar-refractivity contribution in [1.29, 1.82) is 0 Å². The van der Waals surface area contributed by atoms with Crippen molar-refractivity contribution >= 4 is 41.2 Å². The minimum Gasteiger partial charge on any atom is -0.497 e. The highest BCUT2D eigenvalue weighted by molar-refractivity contribution is 6.42. The van der Waals surface area contributed by atoms with Gasteiger partial charge >= 0.3 is 5.97 Å². The molecule has 0 aliphatic carbocycles. The van der Waals surface area contributed by atoms with E-state index in [-0.39, 0.29) is 12.6 Å². The Morgan fingerprint density at radius 1 is 1.11 bits per heavy atom. The molecule has 0 aromatic heterocycles. The van der Waals surface area contributed by atoms with E-state index in [0.717, 1.165) is 16.9 Å². The van der Waals surface area contributed by atoms with Gasteiger partial charge in [-0.05, 0) is 48.4 Å². The summed E-state index contributed by atoms with van der Waals surface area (Å²) < 4.78 is 10.0. The number of carbonyl (C=O) groups excluding carboxylic acids is 2. The Morgan fingerprint density at radius 2 is 1.81 bits per heavy atom. The Balaban J connectivity index is 1.80. The van der Waals surface area contributed by atoms with Crippen LogP contribution in [0, 0.1) is 0 Å². The van der Waals surface area contributed by atoms with Gasteiger partial charge in [-0.1, -0.05) is 41.4 Å². The number of rotatable bonds is 7. The second-order valence-corrected chi connectivity index (χ2v) is 6.49. The Bertz CT molecular complexity index is 834. The zero-order chi connectivity index (χ0) is 19.8. The van der Waals surface area contributed by atoms with Gasteiger partial charge in [0.25, 0.3) is 5.91 Å². The average Bonchev–Trinajstić information content (AvgIpc) is 2.67. The normalized spacial score (nSPS) is 11.9. The third kappa shape index (κ3) is 6.62. The van der Waals surface area contributed by atoms with Gasteiger partial charge in [0.2, 0.25) is 0 Å². The number of nitrogens with one attached hydrogen (secondary N) is 1. The van der Waals surface area contributed by atoms with Gasteiger partial charge in [0.15, 0.2) is 6.61 Å². The van der Waals surface area contributed by atoms with Crippen molar-refractivity contribution in [2.24, 2.45) is 0 Å². The lowest BCUT2D eigenvalue weighted by atomic mass is 10.1. The summed E-state index contributed by atoms with van der Waals surface area (Å²) in [6, 6.07) is 12.0. The van der Waals surface area contributed by atoms with Crippen LogP contribution < -0.4 is 10.1 Å². The van der Waals surface area contributed by atoms with Gasteiger partial charge in [-0.25, -0.2) is 4.79 Å². The van der Waals surface area contributed by atoms with Gasteiger partial charge in [-0.2, -0.15) is 0 Å². The van der Waals surface area contributed by atoms with E-state index in [0.29, 0.717) is 10.0 Å². The van der Waals surface area contributed by atoms with Crippen molar-refractivity contribution in [3.8, 4) is 5.75 Å². The van der Waals surface area contributed by atoms with Crippen molar-refractivity contribution in [2.75, 3.05) is 13.7 Å². The number of halogens is 2. The van der Waals surface area contributed by atoms with E-state index in [1.165, 1.54) is 6.08 Å². The standard InChI is InChI=1S/C20H19Cl2NO4/c1-13(15-6-9-17(21)18(22)11-15)23-19(24)12-27-20(25)10-5-14-3-7-16(26-2)8-4-14/h3-11,13H,12H2,1-2H3,(H,23,24)/b10-5+/t13-/m1/s1. The zero-order valence-corrected chi connectivity index (χ0v) is 16.4. The van der Waals surface area contributed by atoms with Crippen molar-refractivity contribution in [3.05, 3.63) is 69.7 Å². The fraction of sp³-hybridized carbons (Fsp3) is 0.200. The summed E-state index contributed by atoms with van der Waals surface area (Å²) in [6.07, 6.45) is 2.86. The molecule has 0 spiro atoms. The molecule has 2 aromatic rings. The van der Waals surface area contributed by atoms with Gasteiger partial charge in [0.05, 0.1) is 23.2 Å². The smallest absolute Gasteiger partial charge is 0.331 e. The summed E-state index contributed by atoms with van der Waals surface area (Å²) in [5, 5.41) is 3.58. The predicted molar refractivity (Wildman–Crippen MR) is 106 cm³/mol. The minimum absolute atomic E-state index is 0.305. The second kappa shape index (κ2) is 10.00. The van der Waals surface area contributed by atoms with E-state index in [2.05, 4.69) is 5.32 Å². The molecule has 0 fully saturated rings. The SMILES string of the molecule is COc1ccc(/C=C/C(=O)OCC(=O)N[C@H](C)c2ccc(Cl)c(Cl)c2)cc1. The molecule has 0 saturated carbocycles. The minimum atomic E-state index is -0.608. The molecular weight excluding hydrogens is 389 g/mol. The van der Waals surface area contributed by atoms with E-state index < -0.39 is 11.9 Å². The Hall–Kier alpha value is -2.50. The van der Waals surface area contributed by atoms with Crippen LogP contribution in [0.25, 0.3) is 6.08 Å². The lowest BCUT2D eigenvalue weighted by Crippen LogP contribution is -2.30. The van der Waals surface area contributed by atoms with Crippen LogP contribution in [-0.4, -0.2) is 25.6 Å². The molecule has 7 heteroatoms. The molecule has 0 saturated heterocycles. The first-order valence-corrected chi connectivity index (χ1v) is 8.88. The summed E-state index contributed by atoms with van der Waals surface area (Å²) in [5.41, 5.74) is 1.61. The fourth-order valence-electron chi connectivity index (χ4n) is 2.21. The highest BCUT2D eigenvalue weighted by Crippen LogP contribution is 2.25. The average molecular weight is 408 g/mol. The van der Waals surface area contributed by atoms with Gasteiger partial charge in [0, 0.05) is 6.08 Å². The lowest BCUT2D eigenvalue weighted by Gasteiger charge is -2.14. The molecule has 1 N–H and O–H groups in total. The topological polar surface area (TPSA) is 64.6 Å². The first kappa shape index (κ1) is 20.8. The van der Waals surface area contributed by atoms with Crippen LogP contribution in [0.3, 0.4) is 0 Å². The van der Waals surface area contributed by atoms with Crippen LogP contribution in [0.2, 0.25) is 10.0 Å². The number of esters is 1. The number of carbonyl (C=O) groups is 2. The maximum absolute atomic E-state index is 11.9. The third-order valence-electron chi connectivity index (χ3n) is 3.69. The molecule has 0 aliphatic rings. The number of methoxy groups -OCH3 is 1. The molecular formula is C20H19Cl2NO4. The fourth-order valence-corrected chi connectivity index (χ4v) is 2.52. The highest BCUT2D eigenvalue weighted by Gasteiger charge is 2.12. The van der Waals surface area contributed by atoms with E-state index in [9.17, 15) is 9.59 Å². The number of ether oxygens (including phenoxy) is 2. The van der Waals surface area contributed by atoms with Crippen molar-refractivity contribution < 1.29 is 19.1 Å². The Kier molecular flexibility index (Phi) is 7.70. The largest absolute Gasteiger partial charge is 0.497 e. The summed E-state index contributed by atoms with van der Waals surface area (Å²) >= 11 is 11.8. The first-order chi connectivity index (χ1) is 12.9. The van der Waals surface area contributed by atoms with Gasteiger partial charge < -0.3 is 14.8 Å². The molecule has 27 heavy (non-hydrogen) atoms. The summed E-state index contributed by atoms with van der Waals surface area (Å²) in [4.78, 5) is 23.7. The molecule has 0 aliphatic heterocycles. The molecule has 5 nitrogen and oxygen atoms in total. The molecule has 0 unspecified atom stereocenters. The zero-order valence-electron chi connectivity index (χ0n) is 14.9. The molecule has 1 atom stereocenters. The van der Waals surface area contributed by atoms with Crippen LogP contribution >= 0.6 is 23.2 Å². The Morgan fingerprint density at radius 3 is 2.44 bits per heavy atom. The molecule has 2 aromatic carbocycles. The number of hydrogen-bond donors (Lipinski definition) is 1. The quantitative estimate of drug-likeness (QED) is 0.544. The van der Waals surface area contributed by atoms with Crippen LogP contribution in [0.4, 0.5) is 0 Å². The van der Waals surface area contributed by atoms with Crippen LogP contribution in [-0.2, 0) is 14.3 Å². The maximum Gasteiger partial charge on any atom is 0.331 e. The van der Waals surface area contributed by atoms with Gasteiger partial charge in [0.1, 0.15) is 5.75 Å². The second-order valence-electron chi connectivity index (χ2n) is 5.68. The van der Waals surface area contributed by atoms with E-state index in [4.69, 9.17) is 32.7 Å². The van der Waals surface area contributed by atoms with Gasteiger partial charge in [-0.15, -0.1) is 0 Å². The van der Waals surface area contributed by atoms with Crippen molar-refractivity contribution in [2.45, 2.75) is 13.0 Å².